The van der Waals surface area contributed by atoms with Crippen LogP contribution in [-0.4, -0.2) is 33.7 Å². The van der Waals surface area contributed by atoms with Crippen LogP contribution in [-0.2, 0) is 16.1 Å². The smallest absolute Gasteiger partial charge is 0.408 e. The number of thioether (sulfide) groups is 1. The third-order valence-electron chi connectivity index (χ3n) is 3.48. The van der Waals surface area contributed by atoms with Crippen LogP contribution < -0.4 is 5.32 Å². The molecular formula is C14H17NO4S. The molecule has 1 fully saturated rings. The molecule has 0 aliphatic carbocycles. The van der Waals surface area contributed by atoms with Gasteiger partial charge in [0.1, 0.15) is 6.61 Å². The van der Waals surface area contributed by atoms with Crippen LogP contribution in [0.15, 0.2) is 30.3 Å². The van der Waals surface area contributed by atoms with Crippen LogP contribution in [0.25, 0.3) is 0 Å². The van der Waals surface area contributed by atoms with Gasteiger partial charge < -0.3 is 15.2 Å². The van der Waals surface area contributed by atoms with Gasteiger partial charge in [0.05, 0.1) is 0 Å². The summed E-state index contributed by atoms with van der Waals surface area (Å²) in [5, 5.41) is 11.7. The lowest BCUT2D eigenvalue weighted by Crippen LogP contribution is -2.58. The van der Waals surface area contributed by atoms with E-state index < -0.39 is 17.6 Å². The van der Waals surface area contributed by atoms with Crippen LogP contribution in [0, 0.1) is 0 Å². The maximum atomic E-state index is 11.8. The second-order valence-corrected chi connectivity index (χ2v) is 6.17. The summed E-state index contributed by atoms with van der Waals surface area (Å²) in [6, 6.07) is 9.26. The van der Waals surface area contributed by atoms with Crippen LogP contribution in [0.5, 0.6) is 0 Å². The molecule has 0 bridgehead atoms. The van der Waals surface area contributed by atoms with Gasteiger partial charge in [-0.15, -0.1) is 0 Å². The maximum Gasteiger partial charge on any atom is 0.408 e. The average Bonchev–Trinajstić information content (AvgIpc) is 2.80. The maximum absolute atomic E-state index is 11.8. The van der Waals surface area contributed by atoms with Gasteiger partial charge in [-0.3, -0.25) is 0 Å². The molecule has 2 rings (SSSR count). The number of ether oxygens (including phenoxy) is 1. The Morgan fingerprint density at radius 3 is 2.70 bits per heavy atom. The lowest BCUT2D eigenvalue weighted by atomic mass is 9.93. The van der Waals surface area contributed by atoms with Crippen molar-refractivity contribution < 1.29 is 19.4 Å². The quantitative estimate of drug-likeness (QED) is 0.891. The molecule has 2 atom stereocenters. The Hall–Kier alpha value is -1.69. The second kappa shape index (κ2) is 6.17. The predicted octanol–water partition coefficient (Wildman–Crippen LogP) is 2.26. The lowest BCUT2D eigenvalue weighted by molar-refractivity contribution is -0.144. The van der Waals surface area contributed by atoms with Gasteiger partial charge >= 0.3 is 12.1 Å². The number of nitrogens with one attached hydrogen (secondary N) is 1. The first kappa shape index (κ1) is 14.7. The topological polar surface area (TPSA) is 75.6 Å². The van der Waals surface area contributed by atoms with E-state index in [1.54, 1.807) is 0 Å². The number of hydrogen-bond donors (Lipinski definition) is 2. The monoisotopic (exact) mass is 295 g/mol. The van der Waals surface area contributed by atoms with Crippen molar-refractivity contribution >= 4 is 23.8 Å². The number of alkyl carbamates (subject to hydrolysis) is 1. The van der Waals surface area contributed by atoms with E-state index in [4.69, 9.17) is 4.74 Å². The van der Waals surface area contributed by atoms with E-state index in [1.165, 1.54) is 11.8 Å². The third kappa shape index (κ3) is 3.07. The number of aliphatic carboxylic acids is 1. The normalized spacial score (nSPS) is 25.1. The molecule has 2 N–H and O–H groups in total. The summed E-state index contributed by atoms with van der Waals surface area (Å²) in [5.74, 6) is -0.293. The first-order valence-corrected chi connectivity index (χ1v) is 7.43. The summed E-state index contributed by atoms with van der Waals surface area (Å²) in [6.45, 7) is 1.94. The molecule has 1 aromatic rings. The number of carboxylic acids is 1. The Labute approximate surface area is 121 Å². The van der Waals surface area contributed by atoms with Gasteiger partial charge in [0, 0.05) is 5.25 Å². The van der Waals surface area contributed by atoms with Gasteiger partial charge in [-0.1, -0.05) is 37.3 Å². The number of carboxylic acid groups (broad SMARTS) is 1. The zero-order valence-electron chi connectivity index (χ0n) is 11.2. The fourth-order valence-corrected chi connectivity index (χ4v) is 3.54. The van der Waals surface area contributed by atoms with Crippen molar-refractivity contribution in [3.05, 3.63) is 35.9 Å². The van der Waals surface area contributed by atoms with Crippen LogP contribution in [0.4, 0.5) is 4.79 Å². The molecule has 0 unspecified atom stereocenters. The van der Waals surface area contributed by atoms with Crippen molar-refractivity contribution in [1.82, 2.24) is 5.32 Å². The van der Waals surface area contributed by atoms with Crippen molar-refractivity contribution in [2.75, 3.05) is 5.75 Å². The number of hydrogen-bond acceptors (Lipinski definition) is 4. The zero-order valence-corrected chi connectivity index (χ0v) is 12.0. The number of carbonyl (C=O) groups excluding carboxylic acids is 1. The van der Waals surface area contributed by atoms with Gasteiger partial charge in [-0.25, -0.2) is 9.59 Å². The SMILES string of the molecule is C[C@@H]1SCC[C@]1(NC(=O)OCc1ccccc1)C(=O)O. The Kier molecular flexibility index (Phi) is 4.54. The minimum absolute atomic E-state index is 0.129. The molecule has 1 amide bonds. The molecule has 0 radical (unpaired) electrons. The van der Waals surface area contributed by atoms with E-state index in [0.29, 0.717) is 12.2 Å². The molecule has 0 saturated carbocycles. The molecule has 1 aliphatic heterocycles. The van der Waals surface area contributed by atoms with Gasteiger partial charge in [-0.05, 0) is 17.7 Å². The molecule has 0 spiro atoms. The van der Waals surface area contributed by atoms with Crippen LogP contribution in [0.1, 0.15) is 18.9 Å². The first-order valence-electron chi connectivity index (χ1n) is 6.38. The molecule has 1 saturated heterocycles. The largest absolute Gasteiger partial charge is 0.479 e. The Balaban J connectivity index is 1.94. The first-order chi connectivity index (χ1) is 9.54. The highest BCUT2D eigenvalue weighted by atomic mass is 32.2. The van der Waals surface area contributed by atoms with Gasteiger partial charge in [-0.2, -0.15) is 11.8 Å². The van der Waals surface area contributed by atoms with Crippen LogP contribution in [0.3, 0.4) is 0 Å². The fourth-order valence-electron chi connectivity index (χ4n) is 2.18. The summed E-state index contributed by atoms with van der Waals surface area (Å²) in [4.78, 5) is 23.3. The highest BCUT2D eigenvalue weighted by Crippen LogP contribution is 2.36. The number of carbonyl (C=O) groups is 2. The molecule has 5 nitrogen and oxygen atoms in total. The average molecular weight is 295 g/mol. The minimum Gasteiger partial charge on any atom is -0.479 e. The number of amides is 1. The van der Waals surface area contributed by atoms with Crippen LogP contribution >= 0.6 is 11.8 Å². The number of rotatable bonds is 4. The van der Waals surface area contributed by atoms with E-state index in [9.17, 15) is 14.7 Å². The van der Waals surface area contributed by atoms with Crippen molar-refractivity contribution in [2.24, 2.45) is 0 Å². The van der Waals surface area contributed by atoms with Crippen molar-refractivity contribution in [2.45, 2.75) is 30.7 Å². The summed E-state index contributed by atoms with van der Waals surface area (Å²) in [6.07, 6.45) is -0.278. The van der Waals surface area contributed by atoms with E-state index in [-0.39, 0.29) is 11.9 Å². The standard InChI is InChI=1S/C14H17NO4S/c1-10-14(12(16)17,7-8-20-10)15-13(18)19-9-11-5-3-2-4-6-11/h2-6,10H,7-9H2,1H3,(H,15,18)(H,16,17)/t10-,14+/m0/s1. The molecule has 1 heterocycles. The lowest BCUT2D eigenvalue weighted by Gasteiger charge is -2.28. The van der Waals surface area contributed by atoms with E-state index in [0.717, 1.165) is 5.56 Å². The molecular weight excluding hydrogens is 278 g/mol. The summed E-state index contributed by atoms with van der Waals surface area (Å²) >= 11 is 1.54. The highest BCUT2D eigenvalue weighted by Gasteiger charge is 2.49. The Bertz CT molecular complexity index is 493. The van der Waals surface area contributed by atoms with Crippen molar-refractivity contribution in [1.29, 1.82) is 0 Å². The summed E-state index contributed by atoms with van der Waals surface area (Å²) in [7, 11) is 0. The summed E-state index contributed by atoms with van der Waals surface area (Å²) in [5.41, 5.74) is -0.362. The van der Waals surface area contributed by atoms with Gasteiger partial charge in [0.25, 0.3) is 0 Å². The van der Waals surface area contributed by atoms with Gasteiger partial charge in [0.2, 0.25) is 0 Å². The summed E-state index contributed by atoms with van der Waals surface area (Å²) < 4.78 is 5.09. The highest BCUT2D eigenvalue weighted by molar-refractivity contribution is 8.00. The molecule has 1 aromatic carbocycles. The zero-order chi connectivity index (χ0) is 14.6. The predicted molar refractivity (Wildman–Crippen MR) is 76.7 cm³/mol. The van der Waals surface area contributed by atoms with Crippen LogP contribution in [0.2, 0.25) is 0 Å². The van der Waals surface area contributed by atoms with Crippen molar-refractivity contribution in [3.8, 4) is 0 Å². The molecule has 0 aromatic heterocycles. The Morgan fingerprint density at radius 2 is 2.15 bits per heavy atom. The minimum atomic E-state index is -1.22. The molecule has 6 heteroatoms. The third-order valence-corrected chi connectivity index (χ3v) is 4.82. The molecule has 108 valence electrons. The van der Waals surface area contributed by atoms with E-state index in [2.05, 4.69) is 5.32 Å². The second-order valence-electron chi connectivity index (χ2n) is 4.73. The molecule has 20 heavy (non-hydrogen) atoms. The Morgan fingerprint density at radius 1 is 1.45 bits per heavy atom. The van der Waals surface area contributed by atoms with E-state index in [1.807, 2.05) is 37.3 Å². The number of benzene rings is 1. The molecule has 1 aliphatic rings. The van der Waals surface area contributed by atoms with E-state index >= 15 is 0 Å². The fraction of sp³-hybridized carbons (Fsp3) is 0.429. The van der Waals surface area contributed by atoms with Crippen molar-refractivity contribution in [3.63, 3.8) is 0 Å². The van der Waals surface area contributed by atoms with Gasteiger partial charge in [0.15, 0.2) is 5.54 Å².